The Morgan fingerprint density at radius 3 is 2.59 bits per heavy atom. The van der Waals surface area contributed by atoms with Crippen molar-refractivity contribution in [1.82, 2.24) is 24.1 Å². The predicted octanol–water partition coefficient (Wildman–Crippen LogP) is 2.94. The Morgan fingerprint density at radius 1 is 1.15 bits per heavy atom. The van der Waals surface area contributed by atoms with Crippen LogP contribution in [0.15, 0.2) is 59.9 Å². The van der Waals surface area contributed by atoms with Crippen LogP contribution in [0.3, 0.4) is 0 Å². The van der Waals surface area contributed by atoms with Crippen LogP contribution in [0.1, 0.15) is 24.4 Å². The first-order chi connectivity index (χ1) is 16.4. The van der Waals surface area contributed by atoms with Crippen LogP contribution in [-0.4, -0.2) is 46.2 Å². The highest BCUT2D eigenvalue weighted by Gasteiger charge is 2.30. The van der Waals surface area contributed by atoms with E-state index in [1.807, 2.05) is 17.8 Å². The molecule has 1 amide bonds. The van der Waals surface area contributed by atoms with Gasteiger partial charge in [0.15, 0.2) is 5.65 Å². The van der Waals surface area contributed by atoms with Crippen molar-refractivity contribution in [3.63, 3.8) is 0 Å². The number of anilines is 1. The van der Waals surface area contributed by atoms with Crippen molar-refractivity contribution in [2.24, 2.45) is 5.92 Å². The molecular formula is C24H24N6O3S. The smallest absolute Gasteiger partial charge is 0.269 e. The number of fused-ring (bicyclic) bond motifs is 1. The average molecular weight is 477 g/mol. The minimum Gasteiger partial charge on any atom is -0.312 e. The van der Waals surface area contributed by atoms with E-state index < -0.39 is 10.0 Å². The number of aryl methyl sites for hydroxylation is 1. The standard InChI is InChI=1S/C24H24N6O3S/c1-15-2-6-19(7-3-15)34(32,33)30-9-8-20-21(17-11-26-29(14-17)18-12-25-13-18)10-22(27-23(20)30)28-24(31)16-4-5-16/h2-3,6-11,14,16,18,25H,4-5,12-13H2,1H3,(H,27,28,31). The third kappa shape index (κ3) is 3.59. The molecular weight excluding hydrogens is 452 g/mol. The van der Waals surface area contributed by atoms with Crippen molar-refractivity contribution in [1.29, 1.82) is 0 Å². The van der Waals surface area contributed by atoms with Gasteiger partial charge in [-0.15, -0.1) is 0 Å². The van der Waals surface area contributed by atoms with E-state index in [1.54, 1.807) is 42.6 Å². The zero-order chi connectivity index (χ0) is 23.4. The topological polar surface area (TPSA) is 111 Å². The number of aromatic nitrogens is 4. The molecule has 1 saturated carbocycles. The van der Waals surface area contributed by atoms with Crippen LogP contribution in [0.5, 0.6) is 0 Å². The summed E-state index contributed by atoms with van der Waals surface area (Å²) in [6, 6.07) is 10.6. The number of hydrogen-bond donors (Lipinski definition) is 2. The minimum atomic E-state index is -3.88. The van der Waals surface area contributed by atoms with E-state index in [1.165, 1.54) is 10.2 Å². The molecule has 0 atom stereocenters. The van der Waals surface area contributed by atoms with Crippen LogP contribution >= 0.6 is 0 Å². The third-order valence-corrected chi connectivity index (χ3v) is 8.13. The van der Waals surface area contributed by atoms with Gasteiger partial charge in [0.1, 0.15) is 5.82 Å². The van der Waals surface area contributed by atoms with Gasteiger partial charge >= 0.3 is 0 Å². The maximum atomic E-state index is 13.5. The minimum absolute atomic E-state index is 0.00195. The van der Waals surface area contributed by atoms with Gasteiger partial charge in [0.25, 0.3) is 10.0 Å². The molecule has 1 aliphatic carbocycles. The summed E-state index contributed by atoms with van der Waals surface area (Å²) in [5.74, 6) is 0.239. The Hall–Kier alpha value is -3.50. The largest absolute Gasteiger partial charge is 0.312 e. The Kier molecular flexibility index (Phi) is 4.82. The van der Waals surface area contributed by atoms with Gasteiger partial charge in [0.2, 0.25) is 5.91 Å². The molecule has 9 nitrogen and oxygen atoms in total. The van der Waals surface area contributed by atoms with Crippen molar-refractivity contribution in [2.45, 2.75) is 30.7 Å². The highest BCUT2D eigenvalue weighted by Crippen LogP contribution is 2.34. The first kappa shape index (κ1) is 21.1. The summed E-state index contributed by atoms with van der Waals surface area (Å²) >= 11 is 0. The van der Waals surface area contributed by atoms with Gasteiger partial charge in [0, 0.05) is 42.4 Å². The molecule has 0 bridgehead atoms. The highest BCUT2D eigenvalue weighted by molar-refractivity contribution is 7.90. The van der Waals surface area contributed by atoms with Crippen LogP contribution in [0, 0.1) is 12.8 Å². The van der Waals surface area contributed by atoms with Gasteiger partial charge in [-0.2, -0.15) is 5.10 Å². The zero-order valence-electron chi connectivity index (χ0n) is 18.6. The molecule has 174 valence electrons. The first-order valence-corrected chi connectivity index (χ1v) is 12.7. The van der Waals surface area contributed by atoms with Crippen molar-refractivity contribution in [3.8, 4) is 11.1 Å². The van der Waals surface area contributed by atoms with E-state index in [0.717, 1.165) is 42.6 Å². The highest BCUT2D eigenvalue weighted by atomic mass is 32.2. The quantitative estimate of drug-likeness (QED) is 0.443. The average Bonchev–Trinajstić information content (AvgIpc) is 3.37. The van der Waals surface area contributed by atoms with Crippen LogP contribution in [0.25, 0.3) is 22.2 Å². The van der Waals surface area contributed by atoms with Gasteiger partial charge < -0.3 is 10.6 Å². The molecule has 2 fully saturated rings. The SMILES string of the molecule is Cc1ccc(S(=O)(=O)n2ccc3c(-c4cnn(C5CNC5)c4)cc(NC(=O)C4CC4)nc32)cc1. The third-order valence-electron chi connectivity index (χ3n) is 6.45. The number of nitrogens with zero attached hydrogens (tertiary/aromatic N) is 4. The van der Waals surface area contributed by atoms with E-state index >= 15 is 0 Å². The van der Waals surface area contributed by atoms with Gasteiger partial charge in [-0.3, -0.25) is 9.48 Å². The second kappa shape index (κ2) is 7.78. The van der Waals surface area contributed by atoms with Crippen LogP contribution in [0.2, 0.25) is 0 Å². The molecule has 0 spiro atoms. The van der Waals surface area contributed by atoms with E-state index in [0.29, 0.717) is 17.2 Å². The van der Waals surface area contributed by atoms with Gasteiger partial charge in [-0.1, -0.05) is 17.7 Å². The first-order valence-electron chi connectivity index (χ1n) is 11.3. The maximum absolute atomic E-state index is 13.5. The summed E-state index contributed by atoms with van der Waals surface area (Å²) in [4.78, 5) is 17.2. The molecule has 6 rings (SSSR count). The van der Waals surface area contributed by atoms with Crippen molar-refractivity contribution < 1.29 is 13.2 Å². The van der Waals surface area contributed by atoms with Gasteiger partial charge in [-0.25, -0.2) is 17.4 Å². The lowest BCUT2D eigenvalue weighted by Crippen LogP contribution is -2.43. The van der Waals surface area contributed by atoms with Gasteiger partial charge in [0.05, 0.1) is 17.1 Å². The molecule has 4 aromatic rings. The second-order valence-electron chi connectivity index (χ2n) is 9.01. The molecule has 2 N–H and O–H groups in total. The Morgan fingerprint density at radius 2 is 1.91 bits per heavy atom. The Bertz CT molecular complexity index is 1510. The number of rotatable bonds is 6. The number of hydrogen-bond acceptors (Lipinski definition) is 6. The fourth-order valence-corrected chi connectivity index (χ4v) is 5.41. The Balaban J connectivity index is 1.49. The van der Waals surface area contributed by atoms with E-state index in [-0.39, 0.29) is 22.4 Å². The summed E-state index contributed by atoms with van der Waals surface area (Å²) in [7, 11) is -3.88. The monoisotopic (exact) mass is 476 g/mol. The van der Waals surface area contributed by atoms with Crippen molar-refractivity contribution in [2.75, 3.05) is 18.4 Å². The molecule has 1 saturated heterocycles. The number of carbonyl (C=O) groups excluding carboxylic acids is 1. The lowest BCUT2D eigenvalue weighted by Gasteiger charge is -2.27. The number of carbonyl (C=O) groups is 1. The summed E-state index contributed by atoms with van der Waals surface area (Å²) in [6.45, 7) is 3.63. The normalized spacial score (nSPS) is 16.5. The molecule has 1 aromatic carbocycles. The second-order valence-corrected chi connectivity index (χ2v) is 10.8. The molecule has 34 heavy (non-hydrogen) atoms. The van der Waals surface area contributed by atoms with E-state index in [4.69, 9.17) is 0 Å². The fourth-order valence-electron chi connectivity index (χ4n) is 4.12. The molecule has 4 heterocycles. The van der Waals surface area contributed by atoms with Crippen LogP contribution < -0.4 is 10.6 Å². The lowest BCUT2D eigenvalue weighted by molar-refractivity contribution is -0.117. The molecule has 3 aromatic heterocycles. The molecule has 0 radical (unpaired) electrons. The molecule has 0 unspecified atom stereocenters. The van der Waals surface area contributed by atoms with Gasteiger partial charge in [-0.05, 0) is 49.6 Å². The van der Waals surface area contributed by atoms with E-state index in [9.17, 15) is 13.2 Å². The molecule has 10 heteroatoms. The number of amides is 1. The van der Waals surface area contributed by atoms with Crippen LogP contribution in [0.4, 0.5) is 5.82 Å². The van der Waals surface area contributed by atoms with Crippen molar-refractivity contribution >= 4 is 32.8 Å². The number of pyridine rings is 1. The summed E-state index contributed by atoms with van der Waals surface area (Å²) in [5, 5.41) is 11.3. The van der Waals surface area contributed by atoms with E-state index in [2.05, 4.69) is 20.7 Å². The van der Waals surface area contributed by atoms with Crippen molar-refractivity contribution in [3.05, 3.63) is 60.6 Å². The lowest BCUT2D eigenvalue weighted by atomic mass is 10.1. The number of benzene rings is 1. The molecule has 2 aliphatic rings. The van der Waals surface area contributed by atoms with Crippen LogP contribution in [-0.2, 0) is 14.8 Å². The zero-order valence-corrected chi connectivity index (χ0v) is 19.4. The predicted molar refractivity (Wildman–Crippen MR) is 128 cm³/mol. The maximum Gasteiger partial charge on any atom is 0.269 e. The Labute approximate surface area is 196 Å². The summed E-state index contributed by atoms with van der Waals surface area (Å²) in [5.41, 5.74) is 2.85. The molecule has 1 aliphatic heterocycles. The number of nitrogens with one attached hydrogen (secondary N) is 2. The summed E-state index contributed by atoms with van der Waals surface area (Å²) < 4.78 is 30.0. The fraction of sp³-hybridized carbons (Fsp3) is 0.292. The summed E-state index contributed by atoms with van der Waals surface area (Å²) in [6.07, 6.45) is 6.97.